The van der Waals surface area contributed by atoms with Gasteiger partial charge < -0.3 is 15.4 Å². The summed E-state index contributed by atoms with van der Waals surface area (Å²) in [5.41, 5.74) is 4.30. The molecule has 4 aromatic heterocycles. The highest BCUT2D eigenvalue weighted by atomic mass is 19.1. The first kappa shape index (κ1) is 23.4. The van der Waals surface area contributed by atoms with Gasteiger partial charge >= 0.3 is 6.09 Å². The van der Waals surface area contributed by atoms with E-state index in [1.807, 2.05) is 36.3 Å². The van der Waals surface area contributed by atoms with E-state index in [0.29, 0.717) is 30.2 Å². The molecule has 11 nitrogen and oxygen atoms in total. The molecule has 9 rings (SSSR count). The normalized spacial score (nSPS) is 26.9. The first-order valence-corrected chi connectivity index (χ1v) is 13.6. The van der Waals surface area contributed by atoms with Crippen LogP contribution in [-0.4, -0.2) is 58.5 Å². The van der Waals surface area contributed by atoms with Gasteiger partial charge in [-0.05, 0) is 55.7 Å². The molecule has 0 unspecified atom stereocenters. The molecular formula is C28H28FN9O2. The number of aromatic amines is 1. The maximum absolute atomic E-state index is 15.4. The fourth-order valence-electron chi connectivity index (χ4n) is 6.68. The quantitative estimate of drug-likeness (QED) is 0.286. The zero-order valence-corrected chi connectivity index (χ0v) is 21.8. The molecule has 4 aliphatic carbocycles. The van der Waals surface area contributed by atoms with Crippen molar-refractivity contribution in [3.8, 4) is 11.1 Å². The highest BCUT2D eigenvalue weighted by Gasteiger charge is 2.58. The summed E-state index contributed by atoms with van der Waals surface area (Å²) in [6.45, 7) is 0. The number of amides is 1. The Morgan fingerprint density at radius 3 is 2.88 bits per heavy atom. The summed E-state index contributed by atoms with van der Waals surface area (Å²) in [7, 11) is 1.92. The van der Waals surface area contributed by atoms with Crippen LogP contribution in [0.1, 0.15) is 43.7 Å². The summed E-state index contributed by atoms with van der Waals surface area (Å²) < 4.78 is 24.5. The number of benzene rings is 1. The van der Waals surface area contributed by atoms with Crippen molar-refractivity contribution in [3.05, 3.63) is 54.7 Å². The molecular weight excluding hydrogens is 513 g/mol. The first-order valence-electron chi connectivity index (χ1n) is 13.6. The number of nitrogens with one attached hydrogen (secondary N) is 3. The van der Waals surface area contributed by atoms with Crippen molar-refractivity contribution in [1.82, 2.24) is 39.9 Å². The second-order valence-corrected chi connectivity index (χ2v) is 11.5. The standard InChI is InChI=1S/C28H28FN9O2/c1-37-21-4-2-16(8-17(21)13-31-37)19-14-32-38-7-6-30-26(25(19)38)33-23-9-20(35-36-23)18-3-5-22(24(18)29)40-27(39)34-28-10-15(11-28)12-28/h2,4,6-9,13-15,18,22,24H,3,5,10-12H2,1H3,(H,34,39)(H2,30,33,35,36)/t15?,18-,22-,24-,28?/m1/s1. The molecule has 0 radical (unpaired) electrons. The van der Waals surface area contributed by atoms with Crippen LogP contribution in [0.3, 0.4) is 0 Å². The third-order valence-corrected chi connectivity index (χ3v) is 8.90. The van der Waals surface area contributed by atoms with Crippen molar-refractivity contribution >= 4 is 34.1 Å². The van der Waals surface area contributed by atoms with Gasteiger partial charge in [0.1, 0.15) is 17.8 Å². The number of carbonyl (C=O) groups excluding carboxylic acids is 1. The Hall–Kier alpha value is -4.48. The molecule has 4 fully saturated rings. The Kier molecular flexibility index (Phi) is 4.98. The van der Waals surface area contributed by atoms with Crippen LogP contribution in [0.4, 0.5) is 20.8 Å². The van der Waals surface area contributed by atoms with Crippen molar-refractivity contribution in [2.75, 3.05) is 5.32 Å². The van der Waals surface area contributed by atoms with Gasteiger partial charge in [0, 0.05) is 53.6 Å². The zero-order chi connectivity index (χ0) is 27.0. The van der Waals surface area contributed by atoms with Crippen molar-refractivity contribution in [1.29, 1.82) is 0 Å². The van der Waals surface area contributed by atoms with Crippen LogP contribution in [0, 0.1) is 5.92 Å². The predicted octanol–water partition coefficient (Wildman–Crippen LogP) is 4.61. The largest absolute Gasteiger partial charge is 0.443 e. The van der Waals surface area contributed by atoms with Crippen molar-refractivity contribution in [2.45, 2.75) is 55.8 Å². The molecule has 4 heterocycles. The molecule has 12 heteroatoms. The van der Waals surface area contributed by atoms with Crippen LogP contribution >= 0.6 is 0 Å². The lowest BCUT2D eigenvalue weighted by atomic mass is 9.50. The smallest absolute Gasteiger partial charge is 0.407 e. The van der Waals surface area contributed by atoms with Crippen LogP contribution in [0.5, 0.6) is 0 Å². The highest BCUT2D eigenvalue weighted by Crippen LogP contribution is 2.57. The summed E-state index contributed by atoms with van der Waals surface area (Å²) in [5, 5.41) is 23.5. The van der Waals surface area contributed by atoms with Gasteiger partial charge in [-0.25, -0.2) is 18.7 Å². The molecule has 0 saturated heterocycles. The van der Waals surface area contributed by atoms with Gasteiger partial charge in [0.25, 0.3) is 0 Å². The average molecular weight is 542 g/mol. The number of anilines is 2. The first-order chi connectivity index (χ1) is 19.4. The van der Waals surface area contributed by atoms with Gasteiger partial charge in [-0.3, -0.25) is 9.78 Å². The molecule has 2 bridgehead atoms. The van der Waals surface area contributed by atoms with E-state index >= 15 is 4.39 Å². The predicted molar refractivity (Wildman–Crippen MR) is 145 cm³/mol. The maximum atomic E-state index is 15.4. The molecule has 4 aliphatic rings. The molecule has 0 aliphatic heterocycles. The van der Waals surface area contributed by atoms with Gasteiger partial charge in [0.05, 0.1) is 17.9 Å². The number of H-pyrrole nitrogens is 1. The average Bonchev–Trinajstić information content (AvgIpc) is 3.69. The van der Waals surface area contributed by atoms with Crippen molar-refractivity contribution in [3.63, 3.8) is 0 Å². The van der Waals surface area contributed by atoms with Gasteiger partial charge in [-0.15, -0.1) is 0 Å². The SMILES string of the molecule is Cn1ncc2cc(-c3cnn4ccnc(Nc5cc([C@H]6CC[C@@H](OC(=O)NC78CC(C7)C8)[C@@H]6F)[nH]n5)c34)ccc21. The number of aromatic nitrogens is 7. The Bertz CT molecular complexity index is 1760. The summed E-state index contributed by atoms with van der Waals surface area (Å²) in [6.07, 6.45) is 8.61. The second kappa shape index (κ2) is 8.51. The lowest BCUT2D eigenvalue weighted by Gasteiger charge is -2.61. The van der Waals surface area contributed by atoms with Crippen LogP contribution in [0.2, 0.25) is 0 Å². The van der Waals surface area contributed by atoms with E-state index in [1.165, 1.54) is 0 Å². The fourth-order valence-corrected chi connectivity index (χ4v) is 6.68. The molecule has 40 heavy (non-hydrogen) atoms. The van der Waals surface area contributed by atoms with Gasteiger partial charge in [-0.1, -0.05) is 6.07 Å². The molecule has 3 atom stereocenters. The van der Waals surface area contributed by atoms with Crippen LogP contribution in [0.25, 0.3) is 27.5 Å². The number of carbonyl (C=O) groups is 1. The lowest BCUT2D eigenvalue weighted by Crippen LogP contribution is -2.68. The van der Waals surface area contributed by atoms with E-state index in [2.05, 4.69) is 42.1 Å². The third kappa shape index (κ3) is 3.65. The van der Waals surface area contributed by atoms with Crippen LogP contribution in [0.15, 0.2) is 49.1 Å². The Morgan fingerprint density at radius 1 is 1.18 bits per heavy atom. The monoisotopic (exact) mass is 541 g/mol. The number of aryl methyl sites for hydroxylation is 1. The summed E-state index contributed by atoms with van der Waals surface area (Å²) in [4.78, 5) is 16.9. The molecule has 4 saturated carbocycles. The minimum atomic E-state index is -1.31. The Labute approximate surface area is 228 Å². The lowest BCUT2D eigenvalue weighted by molar-refractivity contribution is -0.0532. The second-order valence-electron chi connectivity index (χ2n) is 11.5. The van der Waals surface area contributed by atoms with E-state index in [0.717, 1.165) is 52.7 Å². The maximum Gasteiger partial charge on any atom is 0.407 e. The molecule has 3 N–H and O–H groups in total. The summed E-state index contributed by atoms with van der Waals surface area (Å²) in [6, 6.07) is 7.96. The molecule has 0 spiro atoms. The number of alkyl carbamates (subject to hydrolysis) is 1. The van der Waals surface area contributed by atoms with Gasteiger partial charge in [0.15, 0.2) is 11.6 Å². The van der Waals surface area contributed by atoms with E-state index in [-0.39, 0.29) is 5.54 Å². The number of alkyl halides is 1. The van der Waals surface area contributed by atoms with Crippen LogP contribution < -0.4 is 10.6 Å². The minimum Gasteiger partial charge on any atom is -0.443 e. The zero-order valence-electron chi connectivity index (χ0n) is 21.8. The number of hydrogen-bond acceptors (Lipinski definition) is 7. The van der Waals surface area contributed by atoms with E-state index in [4.69, 9.17) is 4.74 Å². The number of nitrogens with zero attached hydrogens (tertiary/aromatic N) is 6. The fraction of sp³-hybridized carbons (Fsp3) is 0.393. The number of fused-ring (bicyclic) bond motifs is 2. The van der Waals surface area contributed by atoms with Crippen LogP contribution in [-0.2, 0) is 11.8 Å². The van der Waals surface area contributed by atoms with E-state index in [9.17, 15) is 4.79 Å². The summed E-state index contributed by atoms with van der Waals surface area (Å²) >= 11 is 0. The number of rotatable bonds is 6. The summed E-state index contributed by atoms with van der Waals surface area (Å²) in [5.74, 6) is 1.40. The molecule has 1 amide bonds. The van der Waals surface area contributed by atoms with Gasteiger partial charge in [0.2, 0.25) is 0 Å². The number of ether oxygens (including phenoxy) is 1. The van der Waals surface area contributed by atoms with E-state index in [1.54, 1.807) is 23.0 Å². The topological polar surface area (TPSA) is 127 Å². The molecule has 204 valence electrons. The van der Waals surface area contributed by atoms with Crippen molar-refractivity contribution in [2.24, 2.45) is 13.0 Å². The Morgan fingerprint density at radius 2 is 2.05 bits per heavy atom. The highest BCUT2D eigenvalue weighted by molar-refractivity contribution is 5.93. The van der Waals surface area contributed by atoms with E-state index < -0.39 is 24.3 Å². The van der Waals surface area contributed by atoms with Gasteiger partial charge in [-0.2, -0.15) is 15.3 Å². The molecule has 1 aromatic carbocycles. The third-order valence-electron chi connectivity index (χ3n) is 8.90. The number of hydrogen-bond donors (Lipinski definition) is 3. The minimum absolute atomic E-state index is 0.0900. The molecule has 5 aromatic rings. The van der Waals surface area contributed by atoms with Crippen molar-refractivity contribution < 1.29 is 13.9 Å². The number of halogens is 1. The Balaban J connectivity index is 1.00.